The summed E-state index contributed by atoms with van der Waals surface area (Å²) in [6, 6.07) is 10.0. The number of rotatable bonds is 8. The van der Waals surface area contributed by atoms with Crippen molar-refractivity contribution in [2.75, 3.05) is 13.2 Å². The fourth-order valence-electron chi connectivity index (χ4n) is 2.27. The van der Waals surface area contributed by atoms with E-state index in [0.717, 1.165) is 28.3 Å². The van der Waals surface area contributed by atoms with Gasteiger partial charge in [0.25, 0.3) is 0 Å². The highest BCUT2D eigenvalue weighted by atomic mass is 16.5. The van der Waals surface area contributed by atoms with Crippen LogP contribution in [0.15, 0.2) is 56.0 Å². The van der Waals surface area contributed by atoms with Crippen LogP contribution in [0.2, 0.25) is 0 Å². The molecule has 0 fully saturated rings. The van der Waals surface area contributed by atoms with Crippen molar-refractivity contribution < 1.29 is 14.6 Å². The van der Waals surface area contributed by atoms with Gasteiger partial charge < -0.3 is 14.6 Å². The second-order valence-corrected chi connectivity index (χ2v) is 4.70. The lowest BCUT2D eigenvalue weighted by atomic mass is 10.0. The van der Waals surface area contributed by atoms with E-state index in [1.807, 2.05) is 24.3 Å². The Labute approximate surface area is 125 Å². The molecule has 3 nitrogen and oxygen atoms in total. The monoisotopic (exact) mass is 284 g/mol. The van der Waals surface area contributed by atoms with Gasteiger partial charge in [-0.25, -0.2) is 0 Å². The third-order valence-electron chi connectivity index (χ3n) is 3.37. The Morgan fingerprint density at radius 2 is 1.62 bits per heavy atom. The second kappa shape index (κ2) is 7.39. The normalized spacial score (nSPS) is 10.3. The molecular weight excluding hydrogens is 264 g/mol. The number of phenolic OH excluding ortho intramolecular Hbond substituents is 1. The predicted octanol–water partition coefficient (Wildman–Crippen LogP) is 3.95. The maximum atomic E-state index is 10.4. The first-order chi connectivity index (χ1) is 10.3. The van der Waals surface area contributed by atoms with Crippen LogP contribution in [0, 0.1) is 0 Å². The SMILES string of the molecule is C=COCCc1ccc2ccc(CCOC=C)c(O)c2c1. The zero-order valence-electron chi connectivity index (χ0n) is 12.0. The molecule has 0 saturated heterocycles. The first-order valence-electron chi connectivity index (χ1n) is 6.94. The number of fused-ring (bicyclic) bond motifs is 1. The zero-order valence-corrected chi connectivity index (χ0v) is 12.0. The van der Waals surface area contributed by atoms with Gasteiger partial charge >= 0.3 is 0 Å². The molecule has 2 aromatic rings. The van der Waals surface area contributed by atoms with Crippen LogP contribution < -0.4 is 0 Å². The van der Waals surface area contributed by atoms with E-state index in [2.05, 4.69) is 19.2 Å². The minimum absolute atomic E-state index is 0.326. The molecule has 3 heteroatoms. The number of benzene rings is 2. The number of hydrogen-bond acceptors (Lipinski definition) is 3. The standard InChI is InChI=1S/C18H20O3/c1-3-20-11-9-14-5-6-15-7-8-16(10-12-21-4-2)18(19)17(15)13-14/h3-8,13,19H,1-2,9-12H2. The molecule has 2 rings (SSSR count). The molecule has 0 aliphatic carbocycles. The molecule has 0 radical (unpaired) electrons. The van der Waals surface area contributed by atoms with Crippen molar-refractivity contribution in [1.29, 1.82) is 0 Å². The summed E-state index contributed by atoms with van der Waals surface area (Å²) < 4.78 is 10.3. The highest BCUT2D eigenvalue weighted by molar-refractivity contribution is 5.89. The first kappa shape index (κ1) is 15.0. The quantitative estimate of drug-likeness (QED) is 0.589. The van der Waals surface area contributed by atoms with E-state index in [9.17, 15) is 5.11 Å². The molecule has 0 atom stereocenters. The summed E-state index contributed by atoms with van der Waals surface area (Å²) in [6.45, 7) is 8.13. The summed E-state index contributed by atoms with van der Waals surface area (Å²) in [5.41, 5.74) is 2.00. The molecule has 2 aromatic carbocycles. The highest BCUT2D eigenvalue weighted by Gasteiger charge is 2.07. The van der Waals surface area contributed by atoms with Crippen LogP contribution in [0.3, 0.4) is 0 Å². The van der Waals surface area contributed by atoms with Crippen molar-refractivity contribution in [2.24, 2.45) is 0 Å². The molecule has 0 bridgehead atoms. The Balaban J connectivity index is 2.23. The summed E-state index contributed by atoms with van der Waals surface area (Å²) >= 11 is 0. The van der Waals surface area contributed by atoms with Crippen LogP contribution in [0.5, 0.6) is 5.75 Å². The Bertz CT molecular complexity index is 626. The average Bonchev–Trinajstić information content (AvgIpc) is 2.50. The number of aromatic hydroxyl groups is 1. The third-order valence-corrected chi connectivity index (χ3v) is 3.37. The largest absolute Gasteiger partial charge is 0.507 e. The van der Waals surface area contributed by atoms with Gasteiger partial charge in [-0.2, -0.15) is 0 Å². The average molecular weight is 284 g/mol. The van der Waals surface area contributed by atoms with Crippen molar-refractivity contribution in [3.8, 4) is 5.75 Å². The lowest BCUT2D eigenvalue weighted by Crippen LogP contribution is -1.96. The maximum Gasteiger partial charge on any atom is 0.126 e. The van der Waals surface area contributed by atoms with Crippen molar-refractivity contribution >= 4 is 10.8 Å². The fourth-order valence-corrected chi connectivity index (χ4v) is 2.27. The van der Waals surface area contributed by atoms with Crippen LogP contribution >= 0.6 is 0 Å². The van der Waals surface area contributed by atoms with E-state index in [-0.39, 0.29) is 0 Å². The molecule has 0 amide bonds. The summed E-state index contributed by atoms with van der Waals surface area (Å²) in [5.74, 6) is 0.326. The lowest BCUT2D eigenvalue weighted by Gasteiger charge is -2.10. The van der Waals surface area contributed by atoms with E-state index in [1.165, 1.54) is 12.5 Å². The smallest absolute Gasteiger partial charge is 0.126 e. The minimum Gasteiger partial charge on any atom is -0.507 e. The molecule has 0 heterocycles. The van der Waals surface area contributed by atoms with Crippen LogP contribution in [0.25, 0.3) is 10.8 Å². The van der Waals surface area contributed by atoms with Crippen LogP contribution in [-0.4, -0.2) is 18.3 Å². The Morgan fingerprint density at radius 1 is 0.952 bits per heavy atom. The van der Waals surface area contributed by atoms with Gasteiger partial charge in [0, 0.05) is 18.2 Å². The van der Waals surface area contributed by atoms with E-state index in [1.54, 1.807) is 0 Å². The number of ether oxygens (including phenoxy) is 2. The third kappa shape index (κ3) is 3.78. The summed E-state index contributed by atoms with van der Waals surface area (Å²) in [6.07, 6.45) is 4.29. The molecule has 0 unspecified atom stereocenters. The van der Waals surface area contributed by atoms with Crippen LogP contribution in [-0.2, 0) is 22.3 Å². The van der Waals surface area contributed by atoms with Gasteiger partial charge in [-0.3, -0.25) is 0 Å². The predicted molar refractivity (Wildman–Crippen MR) is 85.3 cm³/mol. The van der Waals surface area contributed by atoms with Crippen molar-refractivity contribution in [3.63, 3.8) is 0 Å². The fraction of sp³-hybridized carbons (Fsp3) is 0.222. The summed E-state index contributed by atoms with van der Waals surface area (Å²) in [4.78, 5) is 0. The van der Waals surface area contributed by atoms with Gasteiger partial charge in [-0.15, -0.1) is 0 Å². The van der Waals surface area contributed by atoms with Gasteiger partial charge in [0.2, 0.25) is 0 Å². The van der Waals surface area contributed by atoms with Gasteiger partial charge in [-0.1, -0.05) is 37.4 Å². The molecule has 1 N–H and O–H groups in total. The maximum absolute atomic E-state index is 10.4. The van der Waals surface area contributed by atoms with Crippen LogP contribution in [0.1, 0.15) is 11.1 Å². The van der Waals surface area contributed by atoms with Crippen LogP contribution in [0.4, 0.5) is 0 Å². The van der Waals surface area contributed by atoms with Crippen molar-refractivity contribution in [2.45, 2.75) is 12.8 Å². The van der Waals surface area contributed by atoms with E-state index >= 15 is 0 Å². The number of hydrogen-bond donors (Lipinski definition) is 1. The molecule has 0 aromatic heterocycles. The lowest BCUT2D eigenvalue weighted by molar-refractivity contribution is 0.254. The molecule has 0 saturated carbocycles. The van der Waals surface area contributed by atoms with E-state index in [4.69, 9.17) is 9.47 Å². The second-order valence-electron chi connectivity index (χ2n) is 4.70. The zero-order chi connectivity index (χ0) is 15.1. The molecule has 110 valence electrons. The summed E-state index contributed by atoms with van der Waals surface area (Å²) in [7, 11) is 0. The molecule has 0 aliphatic heterocycles. The number of phenols is 1. The van der Waals surface area contributed by atoms with E-state index in [0.29, 0.717) is 25.4 Å². The van der Waals surface area contributed by atoms with Crippen molar-refractivity contribution in [3.05, 3.63) is 67.1 Å². The Morgan fingerprint density at radius 3 is 2.33 bits per heavy atom. The Hall–Kier alpha value is -2.42. The van der Waals surface area contributed by atoms with Gasteiger partial charge in [0.1, 0.15) is 5.75 Å². The van der Waals surface area contributed by atoms with Gasteiger partial charge in [-0.05, 0) is 22.6 Å². The molecular formula is C18H20O3. The topological polar surface area (TPSA) is 38.7 Å². The van der Waals surface area contributed by atoms with Gasteiger partial charge in [0.15, 0.2) is 0 Å². The minimum atomic E-state index is 0.326. The summed E-state index contributed by atoms with van der Waals surface area (Å²) in [5, 5.41) is 12.3. The molecule has 0 aliphatic rings. The molecule has 0 spiro atoms. The first-order valence-corrected chi connectivity index (χ1v) is 6.94. The highest BCUT2D eigenvalue weighted by Crippen LogP contribution is 2.30. The van der Waals surface area contributed by atoms with Gasteiger partial charge in [0.05, 0.1) is 25.7 Å². The Kier molecular flexibility index (Phi) is 5.27. The molecule has 21 heavy (non-hydrogen) atoms. The van der Waals surface area contributed by atoms with E-state index < -0.39 is 0 Å². The van der Waals surface area contributed by atoms with Crippen molar-refractivity contribution in [1.82, 2.24) is 0 Å².